The quantitative estimate of drug-likeness (QED) is 0.731. The van der Waals surface area contributed by atoms with Crippen LogP contribution in [0.1, 0.15) is 11.1 Å². The van der Waals surface area contributed by atoms with E-state index in [9.17, 15) is 0 Å². The molecule has 2 rings (SSSR count). The lowest BCUT2D eigenvalue weighted by molar-refractivity contribution is 0.299. The van der Waals surface area contributed by atoms with Gasteiger partial charge in [0.25, 0.3) is 0 Å². The SMILES string of the molecule is N#Cc1cccc(Nc2ccc(CCO)cc2)c1N. The highest BCUT2D eigenvalue weighted by Crippen LogP contribution is 2.25. The van der Waals surface area contributed by atoms with Crippen LogP contribution in [0.4, 0.5) is 17.1 Å². The Morgan fingerprint density at radius 3 is 2.53 bits per heavy atom. The lowest BCUT2D eigenvalue weighted by Gasteiger charge is -2.10. The first-order valence-corrected chi connectivity index (χ1v) is 6.00. The van der Waals surface area contributed by atoms with Gasteiger partial charge in [-0.25, -0.2) is 0 Å². The molecule has 0 aliphatic rings. The highest BCUT2D eigenvalue weighted by atomic mass is 16.2. The number of aliphatic hydroxyl groups excluding tert-OH is 1. The zero-order valence-corrected chi connectivity index (χ0v) is 10.4. The number of nitrogens with one attached hydrogen (secondary N) is 1. The molecule has 0 fully saturated rings. The Balaban J connectivity index is 2.19. The zero-order valence-electron chi connectivity index (χ0n) is 10.4. The topological polar surface area (TPSA) is 82.1 Å². The normalized spacial score (nSPS) is 9.89. The van der Waals surface area contributed by atoms with Gasteiger partial charge in [0, 0.05) is 12.3 Å². The minimum atomic E-state index is 0.143. The molecule has 4 nitrogen and oxygen atoms in total. The number of benzene rings is 2. The van der Waals surface area contributed by atoms with Gasteiger partial charge in [0.1, 0.15) is 6.07 Å². The highest BCUT2D eigenvalue weighted by molar-refractivity contribution is 5.77. The molecule has 0 spiro atoms. The standard InChI is InChI=1S/C15H15N3O/c16-10-12-2-1-3-14(15(12)17)18-13-6-4-11(5-7-13)8-9-19/h1-7,18-19H,8-9,17H2. The van der Waals surface area contributed by atoms with Gasteiger partial charge in [0.05, 0.1) is 16.9 Å². The van der Waals surface area contributed by atoms with Gasteiger partial charge in [-0.1, -0.05) is 18.2 Å². The summed E-state index contributed by atoms with van der Waals surface area (Å²) in [6.07, 6.45) is 0.645. The van der Waals surface area contributed by atoms with Crippen molar-refractivity contribution in [1.82, 2.24) is 0 Å². The molecule has 4 N–H and O–H groups in total. The average molecular weight is 253 g/mol. The number of rotatable bonds is 4. The molecule has 0 aliphatic carbocycles. The fourth-order valence-electron chi connectivity index (χ4n) is 1.81. The first kappa shape index (κ1) is 12.9. The molecule has 0 radical (unpaired) electrons. The maximum Gasteiger partial charge on any atom is 0.101 e. The number of nitriles is 1. The molecule has 96 valence electrons. The van der Waals surface area contributed by atoms with Crippen LogP contribution in [0.25, 0.3) is 0 Å². The molecule has 0 aliphatic heterocycles. The second kappa shape index (κ2) is 5.89. The maximum absolute atomic E-state index is 8.92. The number of nitrogen functional groups attached to an aromatic ring is 1. The molecule has 0 saturated heterocycles. The average Bonchev–Trinajstić information content (AvgIpc) is 2.43. The van der Waals surface area contributed by atoms with Crippen molar-refractivity contribution in [3.8, 4) is 6.07 Å². The van der Waals surface area contributed by atoms with Crippen LogP contribution in [0.3, 0.4) is 0 Å². The number of hydrogen-bond acceptors (Lipinski definition) is 4. The molecule has 2 aromatic carbocycles. The molecule has 19 heavy (non-hydrogen) atoms. The summed E-state index contributed by atoms with van der Waals surface area (Å²) in [6.45, 7) is 0.143. The number of aliphatic hydroxyl groups is 1. The van der Waals surface area contributed by atoms with Gasteiger partial charge < -0.3 is 16.2 Å². The predicted octanol–water partition coefficient (Wildman–Crippen LogP) is 2.42. The van der Waals surface area contributed by atoms with E-state index in [2.05, 4.69) is 11.4 Å². The van der Waals surface area contributed by atoms with Gasteiger partial charge in [0.2, 0.25) is 0 Å². The van der Waals surface area contributed by atoms with Crippen LogP contribution < -0.4 is 11.1 Å². The molecule has 0 saturated carbocycles. The van der Waals surface area contributed by atoms with E-state index in [4.69, 9.17) is 16.1 Å². The molecule has 0 unspecified atom stereocenters. The van der Waals surface area contributed by atoms with Gasteiger partial charge in [-0.3, -0.25) is 0 Å². The summed E-state index contributed by atoms with van der Waals surface area (Å²) >= 11 is 0. The van der Waals surface area contributed by atoms with Crippen LogP contribution in [-0.2, 0) is 6.42 Å². The number of anilines is 3. The Kier molecular flexibility index (Phi) is 4.01. The molecule has 0 atom stereocenters. The largest absolute Gasteiger partial charge is 0.396 e. The number of hydrogen-bond donors (Lipinski definition) is 3. The summed E-state index contributed by atoms with van der Waals surface area (Å²) in [4.78, 5) is 0. The van der Waals surface area contributed by atoms with E-state index < -0.39 is 0 Å². The van der Waals surface area contributed by atoms with Crippen LogP contribution >= 0.6 is 0 Å². The van der Waals surface area contributed by atoms with E-state index in [1.807, 2.05) is 30.3 Å². The van der Waals surface area contributed by atoms with Gasteiger partial charge in [-0.15, -0.1) is 0 Å². The molecule has 0 aromatic heterocycles. The van der Waals surface area contributed by atoms with Crippen LogP contribution in [0, 0.1) is 11.3 Å². The van der Waals surface area contributed by atoms with Crippen molar-refractivity contribution in [2.75, 3.05) is 17.7 Å². The molecule has 0 bridgehead atoms. The van der Waals surface area contributed by atoms with Crippen molar-refractivity contribution in [3.63, 3.8) is 0 Å². The van der Waals surface area contributed by atoms with E-state index in [0.717, 1.165) is 11.3 Å². The van der Waals surface area contributed by atoms with Gasteiger partial charge in [0.15, 0.2) is 0 Å². The summed E-state index contributed by atoms with van der Waals surface area (Å²) in [5, 5.41) is 21.0. The number of nitrogens with two attached hydrogens (primary N) is 1. The van der Waals surface area contributed by atoms with Crippen LogP contribution in [-0.4, -0.2) is 11.7 Å². The Hall–Kier alpha value is -2.51. The summed E-state index contributed by atoms with van der Waals surface area (Å²) in [6, 6.07) is 15.1. The minimum absolute atomic E-state index is 0.143. The second-order valence-electron chi connectivity index (χ2n) is 4.17. The maximum atomic E-state index is 8.92. The van der Waals surface area contributed by atoms with Crippen molar-refractivity contribution in [3.05, 3.63) is 53.6 Å². The lowest BCUT2D eigenvalue weighted by atomic mass is 10.1. The van der Waals surface area contributed by atoms with Gasteiger partial charge in [-0.2, -0.15) is 5.26 Å². The van der Waals surface area contributed by atoms with Crippen molar-refractivity contribution in [2.45, 2.75) is 6.42 Å². The second-order valence-corrected chi connectivity index (χ2v) is 4.17. The van der Waals surface area contributed by atoms with Crippen molar-refractivity contribution in [2.24, 2.45) is 0 Å². The minimum Gasteiger partial charge on any atom is -0.396 e. The number of para-hydroxylation sites is 1. The number of nitrogens with zero attached hydrogens (tertiary/aromatic N) is 1. The first-order chi connectivity index (χ1) is 9.24. The van der Waals surface area contributed by atoms with Crippen molar-refractivity contribution >= 4 is 17.1 Å². The summed E-state index contributed by atoms with van der Waals surface area (Å²) < 4.78 is 0. The van der Waals surface area contributed by atoms with Crippen LogP contribution in [0.2, 0.25) is 0 Å². The van der Waals surface area contributed by atoms with E-state index in [-0.39, 0.29) is 6.61 Å². The third-order valence-corrected chi connectivity index (χ3v) is 2.86. The van der Waals surface area contributed by atoms with E-state index in [0.29, 0.717) is 23.4 Å². The van der Waals surface area contributed by atoms with Crippen molar-refractivity contribution in [1.29, 1.82) is 5.26 Å². The summed E-state index contributed by atoms with van der Waals surface area (Å²) in [5.41, 5.74) is 9.49. The van der Waals surface area contributed by atoms with Gasteiger partial charge >= 0.3 is 0 Å². The Labute approximate surface area is 112 Å². The summed E-state index contributed by atoms with van der Waals surface area (Å²) in [5.74, 6) is 0. The van der Waals surface area contributed by atoms with E-state index in [1.54, 1.807) is 12.1 Å². The molecular weight excluding hydrogens is 238 g/mol. The Morgan fingerprint density at radius 1 is 1.16 bits per heavy atom. The molecule has 0 amide bonds. The molecule has 4 heteroatoms. The van der Waals surface area contributed by atoms with Crippen LogP contribution in [0.5, 0.6) is 0 Å². The van der Waals surface area contributed by atoms with Gasteiger partial charge in [-0.05, 0) is 36.2 Å². The zero-order chi connectivity index (χ0) is 13.7. The van der Waals surface area contributed by atoms with E-state index >= 15 is 0 Å². The first-order valence-electron chi connectivity index (χ1n) is 6.00. The fraction of sp³-hybridized carbons (Fsp3) is 0.133. The Bertz CT molecular complexity index is 600. The van der Waals surface area contributed by atoms with Crippen LogP contribution in [0.15, 0.2) is 42.5 Å². The highest BCUT2D eigenvalue weighted by Gasteiger charge is 2.04. The molecule has 2 aromatic rings. The smallest absolute Gasteiger partial charge is 0.101 e. The van der Waals surface area contributed by atoms with E-state index in [1.165, 1.54) is 0 Å². The lowest BCUT2D eigenvalue weighted by Crippen LogP contribution is -1.99. The third kappa shape index (κ3) is 3.03. The van der Waals surface area contributed by atoms with Crippen molar-refractivity contribution < 1.29 is 5.11 Å². The molecular formula is C15H15N3O. The molecule has 0 heterocycles. The monoisotopic (exact) mass is 253 g/mol. The summed E-state index contributed by atoms with van der Waals surface area (Å²) in [7, 11) is 0. The Morgan fingerprint density at radius 2 is 1.89 bits per heavy atom. The fourth-order valence-corrected chi connectivity index (χ4v) is 1.81. The predicted molar refractivity (Wildman–Crippen MR) is 76.1 cm³/mol. The third-order valence-electron chi connectivity index (χ3n) is 2.86.